The van der Waals surface area contributed by atoms with E-state index in [-0.39, 0.29) is 18.1 Å². The summed E-state index contributed by atoms with van der Waals surface area (Å²) in [7, 11) is 0. The van der Waals surface area contributed by atoms with Crippen LogP contribution in [-0.2, 0) is 16.0 Å². The number of hydrogen-bond acceptors (Lipinski definition) is 5. The maximum atomic E-state index is 13.7. The third-order valence-corrected chi connectivity index (χ3v) is 3.89. The van der Waals surface area contributed by atoms with Crippen LogP contribution in [-0.4, -0.2) is 55.4 Å². The van der Waals surface area contributed by atoms with E-state index in [1.807, 2.05) is 0 Å². The maximum Gasteiger partial charge on any atom is 0.226 e. The molecule has 1 aromatic carbocycles. The second-order valence-corrected chi connectivity index (χ2v) is 5.64. The third-order valence-electron chi connectivity index (χ3n) is 3.89. The van der Waals surface area contributed by atoms with Gasteiger partial charge in [-0.25, -0.2) is 4.39 Å². The molecular weight excluding hydrogens is 313 g/mol. The first-order chi connectivity index (χ1) is 11.7. The number of aromatic nitrogens is 1. The van der Waals surface area contributed by atoms with Crippen molar-refractivity contribution in [2.75, 3.05) is 39.4 Å². The summed E-state index contributed by atoms with van der Waals surface area (Å²) in [5.74, 6) is -0.184. The molecule has 0 radical (unpaired) electrons. The number of carbonyl (C=O) groups is 1. The fourth-order valence-corrected chi connectivity index (χ4v) is 2.59. The van der Waals surface area contributed by atoms with E-state index in [0.717, 1.165) is 32.8 Å². The van der Waals surface area contributed by atoms with Crippen molar-refractivity contribution in [3.8, 4) is 11.3 Å². The number of halogens is 1. The first kappa shape index (κ1) is 16.6. The number of amides is 1. The fourth-order valence-electron chi connectivity index (χ4n) is 2.59. The molecule has 1 saturated heterocycles. The van der Waals surface area contributed by atoms with Gasteiger partial charge in [-0.2, -0.15) is 0 Å². The molecule has 0 bridgehead atoms. The van der Waals surface area contributed by atoms with Gasteiger partial charge in [0.2, 0.25) is 5.91 Å². The highest BCUT2D eigenvalue weighted by Crippen LogP contribution is 2.23. The van der Waals surface area contributed by atoms with Gasteiger partial charge in [0.15, 0.2) is 5.76 Å². The van der Waals surface area contributed by atoms with Gasteiger partial charge >= 0.3 is 0 Å². The molecule has 0 unspecified atom stereocenters. The minimum atomic E-state index is -0.379. The summed E-state index contributed by atoms with van der Waals surface area (Å²) in [6, 6.07) is 7.90. The average molecular weight is 333 g/mol. The standard InChI is InChI=1S/C17H20FN3O3/c18-15-4-2-1-3-14(15)16-11-13(20-24-16)12-17(22)19-5-6-21-7-9-23-10-8-21/h1-4,11H,5-10,12H2,(H,19,22). The molecule has 24 heavy (non-hydrogen) atoms. The fraction of sp³-hybridized carbons (Fsp3) is 0.412. The average Bonchev–Trinajstić information content (AvgIpc) is 3.04. The van der Waals surface area contributed by atoms with Gasteiger partial charge < -0.3 is 14.6 Å². The molecule has 1 N–H and O–H groups in total. The van der Waals surface area contributed by atoms with E-state index in [0.29, 0.717) is 23.6 Å². The highest BCUT2D eigenvalue weighted by Gasteiger charge is 2.14. The summed E-state index contributed by atoms with van der Waals surface area (Å²) in [5, 5.41) is 6.70. The molecule has 1 aliphatic heterocycles. The van der Waals surface area contributed by atoms with E-state index in [2.05, 4.69) is 15.4 Å². The van der Waals surface area contributed by atoms with Gasteiger partial charge in [-0.3, -0.25) is 9.69 Å². The Balaban J connectivity index is 1.47. The highest BCUT2D eigenvalue weighted by molar-refractivity contribution is 5.78. The normalized spacial score (nSPS) is 15.4. The van der Waals surface area contributed by atoms with Crippen molar-refractivity contribution in [1.29, 1.82) is 0 Å². The summed E-state index contributed by atoms with van der Waals surface area (Å²) in [6.07, 6.45) is 0.112. The highest BCUT2D eigenvalue weighted by atomic mass is 19.1. The Labute approximate surface area is 139 Å². The predicted molar refractivity (Wildman–Crippen MR) is 85.9 cm³/mol. The van der Waals surface area contributed by atoms with Crippen LogP contribution in [0.2, 0.25) is 0 Å². The van der Waals surface area contributed by atoms with Crippen molar-refractivity contribution in [3.63, 3.8) is 0 Å². The van der Waals surface area contributed by atoms with E-state index in [9.17, 15) is 9.18 Å². The summed E-state index contributed by atoms with van der Waals surface area (Å²) in [5.41, 5.74) is 0.820. The number of nitrogens with zero attached hydrogens (tertiary/aromatic N) is 2. The lowest BCUT2D eigenvalue weighted by molar-refractivity contribution is -0.120. The molecule has 0 atom stereocenters. The van der Waals surface area contributed by atoms with Crippen LogP contribution in [0.3, 0.4) is 0 Å². The molecule has 0 saturated carbocycles. The Hall–Kier alpha value is -2.25. The zero-order valence-corrected chi connectivity index (χ0v) is 13.3. The predicted octanol–water partition coefficient (Wildman–Crippen LogP) is 1.47. The van der Waals surface area contributed by atoms with Crippen LogP contribution in [0.4, 0.5) is 4.39 Å². The van der Waals surface area contributed by atoms with Crippen molar-refractivity contribution < 1.29 is 18.4 Å². The quantitative estimate of drug-likeness (QED) is 0.867. The first-order valence-electron chi connectivity index (χ1n) is 7.99. The van der Waals surface area contributed by atoms with Gasteiger partial charge in [-0.1, -0.05) is 17.3 Å². The Morgan fingerprint density at radius 1 is 1.29 bits per heavy atom. The zero-order valence-electron chi connectivity index (χ0n) is 13.3. The molecule has 1 fully saturated rings. The summed E-state index contributed by atoms with van der Waals surface area (Å²) >= 11 is 0. The van der Waals surface area contributed by atoms with E-state index in [1.54, 1.807) is 24.3 Å². The van der Waals surface area contributed by atoms with Crippen molar-refractivity contribution in [2.45, 2.75) is 6.42 Å². The second-order valence-electron chi connectivity index (χ2n) is 5.64. The van der Waals surface area contributed by atoms with Crippen LogP contribution < -0.4 is 5.32 Å². The second kappa shape index (κ2) is 8.03. The lowest BCUT2D eigenvalue weighted by Gasteiger charge is -2.26. The molecule has 1 amide bonds. The Morgan fingerprint density at radius 2 is 2.08 bits per heavy atom. The molecule has 7 heteroatoms. The molecule has 0 aliphatic carbocycles. The number of ether oxygens (including phenoxy) is 1. The van der Waals surface area contributed by atoms with Crippen molar-refractivity contribution in [2.24, 2.45) is 0 Å². The third kappa shape index (κ3) is 4.39. The van der Waals surface area contributed by atoms with Gasteiger partial charge in [0.25, 0.3) is 0 Å². The topological polar surface area (TPSA) is 67.6 Å². The van der Waals surface area contributed by atoms with Crippen LogP contribution in [0, 0.1) is 5.82 Å². The van der Waals surface area contributed by atoms with Crippen molar-refractivity contribution in [3.05, 3.63) is 41.8 Å². The van der Waals surface area contributed by atoms with E-state index in [1.165, 1.54) is 6.07 Å². The number of rotatable bonds is 6. The molecule has 0 spiro atoms. The SMILES string of the molecule is O=C(Cc1cc(-c2ccccc2F)on1)NCCN1CCOCC1. The van der Waals surface area contributed by atoms with Gasteiger partial charge in [0.1, 0.15) is 5.82 Å². The summed E-state index contributed by atoms with van der Waals surface area (Å²) < 4.78 is 24.1. The van der Waals surface area contributed by atoms with Gasteiger partial charge in [-0.05, 0) is 12.1 Å². The molecule has 1 aliphatic rings. The number of nitrogens with one attached hydrogen (secondary N) is 1. The van der Waals surface area contributed by atoms with Crippen LogP contribution in [0.1, 0.15) is 5.69 Å². The maximum absolute atomic E-state index is 13.7. The minimum absolute atomic E-state index is 0.112. The largest absolute Gasteiger partial charge is 0.379 e. The zero-order chi connectivity index (χ0) is 16.8. The molecule has 2 heterocycles. The number of carbonyl (C=O) groups excluding carboxylic acids is 1. The lowest BCUT2D eigenvalue weighted by atomic mass is 10.1. The Kier molecular flexibility index (Phi) is 5.55. The molecule has 6 nitrogen and oxygen atoms in total. The van der Waals surface area contributed by atoms with Crippen LogP contribution in [0.5, 0.6) is 0 Å². The number of hydrogen-bond donors (Lipinski definition) is 1. The van der Waals surface area contributed by atoms with Gasteiger partial charge in [0.05, 0.1) is 30.9 Å². The molecule has 128 valence electrons. The van der Waals surface area contributed by atoms with E-state index in [4.69, 9.17) is 9.26 Å². The molecule has 2 aromatic rings. The van der Waals surface area contributed by atoms with Crippen molar-refractivity contribution in [1.82, 2.24) is 15.4 Å². The molecular formula is C17H20FN3O3. The molecule has 1 aromatic heterocycles. The van der Waals surface area contributed by atoms with Crippen LogP contribution in [0.15, 0.2) is 34.9 Å². The Bertz CT molecular complexity index is 683. The smallest absolute Gasteiger partial charge is 0.226 e. The van der Waals surface area contributed by atoms with Crippen LogP contribution in [0.25, 0.3) is 11.3 Å². The molecule has 3 rings (SSSR count). The summed E-state index contributed by atoms with van der Waals surface area (Å²) in [4.78, 5) is 14.2. The van der Waals surface area contributed by atoms with E-state index < -0.39 is 0 Å². The number of benzene rings is 1. The lowest BCUT2D eigenvalue weighted by Crippen LogP contribution is -2.41. The summed E-state index contributed by atoms with van der Waals surface area (Å²) in [6.45, 7) is 4.65. The Morgan fingerprint density at radius 3 is 2.88 bits per heavy atom. The van der Waals surface area contributed by atoms with E-state index >= 15 is 0 Å². The van der Waals surface area contributed by atoms with Crippen molar-refractivity contribution >= 4 is 5.91 Å². The number of morpholine rings is 1. The first-order valence-corrected chi connectivity index (χ1v) is 7.99. The minimum Gasteiger partial charge on any atom is -0.379 e. The van der Waals surface area contributed by atoms with Crippen LogP contribution >= 0.6 is 0 Å². The monoisotopic (exact) mass is 333 g/mol. The van der Waals surface area contributed by atoms with Gasteiger partial charge in [-0.15, -0.1) is 0 Å². The van der Waals surface area contributed by atoms with Gasteiger partial charge in [0, 0.05) is 32.2 Å².